The average Bonchev–Trinajstić information content (AvgIpc) is 2.82. The number of hydrazine groups is 2. The third kappa shape index (κ3) is 1.99. The van der Waals surface area contributed by atoms with Gasteiger partial charge in [-0.1, -0.05) is 0 Å². The van der Waals surface area contributed by atoms with Crippen LogP contribution in [0.25, 0.3) is 5.70 Å². The van der Waals surface area contributed by atoms with Crippen LogP contribution >= 0.6 is 11.9 Å². The Labute approximate surface area is 102 Å². The molecule has 0 fully saturated rings. The predicted molar refractivity (Wildman–Crippen MR) is 64.1 cm³/mol. The zero-order valence-corrected chi connectivity index (χ0v) is 10.4. The third-order valence-corrected chi connectivity index (χ3v) is 2.94. The standard InChI is InChI=1S/C8H12N6O2S/c1-11(2)13-6(5-17-10-13)8-9-4-7(12(8)3)14(15)16/h4-5,10H,1-3H3. The highest BCUT2D eigenvalue weighted by Crippen LogP contribution is 2.28. The zero-order chi connectivity index (χ0) is 12.6. The molecule has 8 nitrogen and oxygen atoms in total. The average molecular weight is 256 g/mol. The maximum Gasteiger partial charge on any atom is 0.342 e. The molecule has 1 aliphatic rings. The van der Waals surface area contributed by atoms with Gasteiger partial charge in [0.1, 0.15) is 11.9 Å². The second kappa shape index (κ2) is 4.35. The molecule has 1 aromatic heterocycles. The third-order valence-electron chi connectivity index (χ3n) is 2.32. The van der Waals surface area contributed by atoms with Crippen molar-refractivity contribution < 1.29 is 4.92 Å². The summed E-state index contributed by atoms with van der Waals surface area (Å²) in [6, 6.07) is 0. The molecular weight excluding hydrogens is 244 g/mol. The van der Waals surface area contributed by atoms with Gasteiger partial charge in [-0.2, -0.15) is 4.83 Å². The Morgan fingerprint density at radius 3 is 2.82 bits per heavy atom. The van der Waals surface area contributed by atoms with Crippen molar-refractivity contribution in [2.45, 2.75) is 0 Å². The highest BCUT2D eigenvalue weighted by atomic mass is 32.2. The summed E-state index contributed by atoms with van der Waals surface area (Å²) in [7, 11) is 5.35. The van der Waals surface area contributed by atoms with Crippen LogP contribution in [0.5, 0.6) is 0 Å². The van der Waals surface area contributed by atoms with Crippen LogP contribution in [0.15, 0.2) is 11.6 Å². The zero-order valence-electron chi connectivity index (χ0n) is 9.62. The number of nitro groups is 1. The topological polar surface area (TPSA) is 79.5 Å². The normalized spacial score (nSPS) is 15.5. The fourth-order valence-corrected chi connectivity index (χ4v) is 2.21. The van der Waals surface area contributed by atoms with Gasteiger partial charge in [0.25, 0.3) is 0 Å². The molecule has 1 aromatic rings. The van der Waals surface area contributed by atoms with E-state index in [1.165, 1.54) is 22.7 Å². The Morgan fingerprint density at radius 2 is 2.29 bits per heavy atom. The van der Waals surface area contributed by atoms with Gasteiger partial charge in [-0.3, -0.25) is 0 Å². The van der Waals surface area contributed by atoms with E-state index in [2.05, 4.69) is 9.82 Å². The molecular formula is C8H12N6O2S. The molecule has 1 N–H and O–H groups in total. The number of nitrogens with one attached hydrogen (secondary N) is 1. The lowest BCUT2D eigenvalue weighted by molar-refractivity contribution is -0.391. The quantitative estimate of drug-likeness (QED) is 0.481. The van der Waals surface area contributed by atoms with Crippen LogP contribution in [0.2, 0.25) is 0 Å². The number of rotatable bonds is 3. The van der Waals surface area contributed by atoms with Gasteiger partial charge >= 0.3 is 5.82 Å². The van der Waals surface area contributed by atoms with E-state index in [-0.39, 0.29) is 5.82 Å². The number of hydrogen-bond acceptors (Lipinski definition) is 7. The van der Waals surface area contributed by atoms with E-state index in [1.807, 2.05) is 24.5 Å². The van der Waals surface area contributed by atoms with Crippen molar-refractivity contribution in [3.63, 3.8) is 0 Å². The first-order chi connectivity index (χ1) is 8.02. The van der Waals surface area contributed by atoms with Crippen LogP contribution in [0, 0.1) is 10.1 Å². The summed E-state index contributed by atoms with van der Waals surface area (Å²) in [5.41, 5.74) is 0.774. The lowest BCUT2D eigenvalue weighted by atomic mass is 10.4. The van der Waals surface area contributed by atoms with Gasteiger partial charge in [0.15, 0.2) is 0 Å². The molecule has 0 aromatic carbocycles. The summed E-state index contributed by atoms with van der Waals surface area (Å²) >= 11 is 1.39. The van der Waals surface area contributed by atoms with Gasteiger partial charge in [-0.25, -0.2) is 19.7 Å². The maximum atomic E-state index is 10.7. The summed E-state index contributed by atoms with van der Waals surface area (Å²) in [6.07, 6.45) is 1.26. The van der Waals surface area contributed by atoms with Gasteiger partial charge in [0.2, 0.25) is 5.82 Å². The van der Waals surface area contributed by atoms with Crippen LogP contribution in [-0.4, -0.2) is 38.7 Å². The van der Waals surface area contributed by atoms with Gasteiger partial charge in [0.05, 0.1) is 7.05 Å². The van der Waals surface area contributed by atoms with Crippen molar-refractivity contribution in [2.24, 2.45) is 7.05 Å². The summed E-state index contributed by atoms with van der Waals surface area (Å²) in [5.74, 6) is 0.513. The molecule has 0 atom stereocenters. The van der Waals surface area contributed by atoms with E-state index in [9.17, 15) is 10.1 Å². The first kappa shape index (κ1) is 11.9. The van der Waals surface area contributed by atoms with Crippen molar-refractivity contribution >= 4 is 23.5 Å². The van der Waals surface area contributed by atoms with Crippen LogP contribution in [0.1, 0.15) is 5.82 Å². The Hall–Kier alpha value is -1.58. The lowest BCUT2D eigenvalue weighted by Crippen LogP contribution is -2.40. The molecule has 1 aliphatic heterocycles. The van der Waals surface area contributed by atoms with Crippen LogP contribution in [0.3, 0.4) is 0 Å². The molecule has 9 heteroatoms. The van der Waals surface area contributed by atoms with Gasteiger partial charge < -0.3 is 10.1 Å². The van der Waals surface area contributed by atoms with Crippen molar-refractivity contribution in [1.29, 1.82) is 0 Å². The molecule has 2 rings (SSSR count). The minimum atomic E-state index is -0.452. The highest BCUT2D eigenvalue weighted by Gasteiger charge is 2.28. The SMILES string of the molecule is CN(C)N1NSC=C1c1ncc([N+](=O)[O-])n1C. The van der Waals surface area contributed by atoms with E-state index in [4.69, 9.17) is 0 Å². The number of aromatic nitrogens is 2. The van der Waals surface area contributed by atoms with E-state index < -0.39 is 4.92 Å². The van der Waals surface area contributed by atoms with Gasteiger partial charge in [-0.05, 0) is 16.9 Å². The van der Waals surface area contributed by atoms with Crippen molar-refractivity contribution in [2.75, 3.05) is 14.1 Å². The minimum Gasteiger partial charge on any atom is -0.358 e. The number of hydrogen-bond donors (Lipinski definition) is 1. The number of nitrogens with zero attached hydrogens (tertiary/aromatic N) is 5. The molecule has 92 valence electrons. The molecule has 0 saturated carbocycles. The molecule has 0 spiro atoms. The smallest absolute Gasteiger partial charge is 0.342 e. The highest BCUT2D eigenvalue weighted by molar-refractivity contribution is 8.00. The Morgan fingerprint density at radius 1 is 1.59 bits per heavy atom. The predicted octanol–water partition coefficient (Wildman–Crippen LogP) is 0.572. The van der Waals surface area contributed by atoms with Crippen molar-refractivity contribution in [3.05, 3.63) is 27.5 Å². The summed E-state index contributed by atoms with van der Waals surface area (Å²) in [5, 5.41) is 16.2. The summed E-state index contributed by atoms with van der Waals surface area (Å²) in [6.45, 7) is 0. The molecule has 0 radical (unpaired) electrons. The largest absolute Gasteiger partial charge is 0.358 e. The molecule has 17 heavy (non-hydrogen) atoms. The number of imidazole rings is 1. The monoisotopic (exact) mass is 256 g/mol. The van der Waals surface area contributed by atoms with Crippen molar-refractivity contribution in [3.8, 4) is 0 Å². The minimum absolute atomic E-state index is 0.0310. The second-order valence-electron chi connectivity index (χ2n) is 3.63. The molecule has 0 bridgehead atoms. The molecule has 0 aliphatic carbocycles. The van der Waals surface area contributed by atoms with E-state index in [0.717, 1.165) is 5.70 Å². The van der Waals surface area contributed by atoms with Crippen LogP contribution < -0.4 is 4.83 Å². The first-order valence-corrected chi connectivity index (χ1v) is 5.65. The van der Waals surface area contributed by atoms with Gasteiger partial charge in [-0.15, -0.1) is 0 Å². The molecule has 0 amide bonds. The Bertz CT molecular complexity index is 482. The van der Waals surface area contributed by atoms with E-state index >= 15 is 0 Å². The van der Waals surface area contributed by atoms with Crippen LogP contribution in [-0.2, 0) is 7.05 Å². The maximum absolute atomic E-state index is 10.7. The van der Waals surface area contributed by atoms with E-state index in [0.29, 0.717) is 5.82 Å². The first-order valence-electron chi connectivity index (χ1n) is 4.77. The second-order valence-corrected chi connectivity index (χ2v) is 4.28. The molecule has 0 saturated heterocycles. The van der Waals surface area contributed by atoms with Crippen molar-refractivity contribution in [1.82, 2.24) is 24.5 Å². The van der Waals surface area contributed by atoms with Gasteiger partial charge in [0, 0.05) is 19.5 Å². The summed E-state index contributed by atoms with van der Waals surface area (Å²) < 4.78 is 1.45. The lowest BCUT2D eigenvalue weighted by Gasteiger charge is -2.26. The molecule has 2 heterocycles. The summed E-state index contributed by atoms with van der Waals surface area (Å²) in [4.78, 5) is 17.4. The Balaban J connectivity index is 2.38. The van der Waals surface area contributed by atoms with Crippen LogP contribution in [0.4, 0.5) is 5.82 Å². The molecule has 0 unspecified atom stereocenters. The van der Waals surface area contributed by atoms with E-state index in [1.54, 1.807) is 12.2 Å². The fraction of sp³-hybridized carbons (Fsp3) is 0.375. The Kier molecular flexibility index (Phi) is 3.05. The fourth-order valence-electron chi connectivity index (χ4n) is 1.48.